The lowest BCUT2D eigenvalue weighted by atomic mass is 10.1. The molecule has 0 atom stereocenters. The van der Waals surface area contributed by atoms with Gasteiger partial charge < -0.3 is 10.6 Å². The highest BCUT2D eigenvalue weighted by atomic mass is 32.2. The molecule has 0 aliphatic carbocycles. The molecule has 1 aliphatic rings. The average Bonchev–Trinajstić information content (AvgIpc) is 3.24. The third-order valence-electron chi connectivity index (χ3n) is 4.87. The summed E-state index contributed by atoms with van der Waals surface area (Å²) >= 11 is 3.51. The summed E-state index contributed by atoms with van der Waals surface area (Å²) in [7, 11) is 0. The summed E-state index contributed by atoms with van der Waals surface area (Å²) in [6.07, 6.45) is 1.00. The molecule has 1 fully saturated rings. The number of carbonyl (C=O) groups excluding carboxylic acids is 2. The van der Waals surface area contributed by atoms with Crippen LogP contribution < -0.4 is 10.6 Å². The normalized spacial score (nSPS) is 14.6. The lowest BCUT2D eigenvalue weighted by Gasteiger charge is -2.27. The second-order valence-corrected chi connectivity index (χ2v) is 8.90. The molecule has 1 aromatic carbocycles. The number of nitrogens with zero attached hydrogens (tertiary/aromatic N) is 1. The van der Waals surface area contributed by atoms with Crippen molar-refractivity contribution >= 4 is 40.6 Å². The van der Waals surface area contributed by atoms with Gasteiger partial charge in [0.2, 0.25) is 5.91 Å². The molecule has 2 amide bonds. The highest BCUT2D eigenvalue weighted by molar-refractivity contribution is 7.99. The summed E-state index contributed by atoms with van der Waals surface area (Å²) in [5.41, 5.74) is 3.97. The Bertz CT molecular complexity index is 787. The summed E-state index contributed by atoms with van der Waals surface area (Å²) in [6, 6.07) is 7.91. The van der Waals surface area contributed by atoms with E-state index >= 15 is 0 Å². The van der Waals surface area contributed by atoms with Crippen molar-refractivity contribution in [2.45, 2.75) is 26.3 Å². The molecule has 0 radical (unpaired) electrons. The van der Waals surface area contributed by atoms with E-state index in [1.54, 1.807) is 6.07 Å². The SMILES string of the molecule is Cc1c(CN2CCSCC2)cccc1NC(=O)CCCNC(=O)c1ccsc1. The summed E-state index contributed by atoms with van der Waals surface area (Å²) in [4.78, 5) is 26.7. The monoisotopic (exact) mass is 417 g/mol. The van der Waals surface area contributed by atoms with Crippen molar-refractivity contribution in [1.82, 2.24) is 10.2 Å². The lowest BCUT2D eigenvalue weighted by Crippen LogP contribution is -2.32. The van der Waals surface area contributed by atoms with Gasteiger partial charge in [-0.05, 0) is 42.0 Å². The predicted octanol–water partition coefficient (Wildman–Crippen LogP) is 3.75. The second kappa shape index (κ2) is 10.6. The Hall–Kier alpha value is -1.83. The van der Waals surface area contributed by atoms with Gasteiger partial charge in [-0.15, -0.1) is 0 Å². The molecule has 28 heavy (non-hydrogen) atoms. The molecule has 1 aromatic heterocycles. The number of benzene rings is 1. The summed E-state index contributed by atoms with van der Waals surface area (Å²) in [6.45, 7) is 5.75. The van der Waals surface area contributed by atoms with Gasteiger partial charge in [0, 0.05) is 60.7 Å². The van der Waals surface area contributed by atoms with Crippen molar-refractivity contribution in [3.63, 3.8) is 0 Å². The summed E-state index contributed by atoms with van der Waals surface area (Å²) < 4.78 is 0. The zero-order valence-corrected chi connectivity index (χ0v) is 17.8. The van der Waals surface area contributed by atoms with Crippen molar-refractivity contribution in [3.8, 4) is 0 Å². The minimum Gasteiger partial charge on any atom is -0.352 e. The fourth-order valence-electron chi connectivity index (χ4n) is 3.15. The number of amides is 2. The Morgan fingerprint density at radius 2 is 2.00 bits per heavy atom. The molecule has 0 spiro atoms. The summed E-state index contributed by atoms with van der Waals surface area (Å²) in [5, 5.41) is 9.58. The summed E-state index contributed by atoms with van der Waals surface area (Å²) in [5.74, 6) is 2.29. The van der Waals surface area contributed by atoms with E-state index in [0.29, 0.717) is 24.9 Å². The van der Waals surface area contributed by atoms with E-state index in [4.69, 9.17) is 0 Å². The van der Waals surface area contributed by atoms with E-state index in [1.807, 2.05) is 34.7 Å². The van der Waals surface area contributed by atoms with Gasteiger partial charge in [0.1, 0.15) is 0 Å². The highest BCUT2D eigenvalue weighted by Crippen LogP contribution is 2.22. The molecule has 150 valence electrons. The van der Waals surface area contributed by atoms with Gasteiger partial charge in [-0.25, -0.2) is 0 Å². The zero-order valence-electron chi connectivity index (χ0n) is 16.2. The molecular formula is C21H27N3O2S2. The van der Waals surface area contributed by atoms with E-state index < -0.39 is 0 Å². The van der Waals surface area contributed by atoms with E-state index in [0.717, 1.165) is 30.9 Å². The number of thioether (sulfide) groups is 1. The molecule has 7 heteroatoms. The van der Waals surface area contributed by atoms with Crippen LogP contribution >= 0.6 is 23.1 Å². The van der Waals surface area contributed by atoms with Crippen LogP contribution in [-0.4, -0.2) is 47.9 Å². The number of hydrogen-bond acceptors (Lipinski definition) is 5. The van der Waals surface area contributed by atoms with Gasteiger partial charge in [0.25, 0.3) is 5.91 Å². The van der Waals surface area contributed by atoms with Crippen LogP contribution in [0.4, 0.5) is 5.69 Å². The molecular weight excluding hydrogens is 390 g/mol. The molecule has 2 heterocycles. The molecule has 1 saturated heterocycles. The minimum atomic E-state index is -0.0821. The fraction of sp³-hybridized carbons (Fsp3) is 0.429. The quantitative estimate of drug-likeness (QED) is 0.642. The molecule has 0 unspecified atom stereocenters. The van der Waals surface area contributed by atoms with Crippen LogP contribution in [0.3, 0.4) is 0 Å². The van der Waals surface area contributed by atoms with Crippen molar-refractivity contribution in [2.24, 2.45) is 0 Å². The van der Waals surface area contributed by atoms with Crippen molar-refractivity contribution in [3.05, 3.63) is 51.7 Å². The van der Waals surface area contributed by atoms with Crippen LogP contribution in [0.2, 0.25) is 0 Å². The van der Waals surface area contributed by atoms with Crippen molar-refractivity contribution in [2.75, 3.05) is 36.5 Å². The third kappa shape index (κ3) is 6.09. The number of rotatable bonds is 8. The number of nitrogens with one attached hydrogen (secondary N) is 2. The highest BCUT2D eigenvalue weighted by Gasteiger charge is 2.14. The Morgan fingerprint density at radius 3 is 2.75 bits per heavy atom. The smallest absolute Gasteiger partial charge is 0.252 e. The first-order valence-electron chi connectivity index (χ1n) is 9.62. The zero-order chi connectivity index (χ0) is 19.8. The largest absolute Gasteiger partial charge is 0.352 e. The van der Waals surface area contributed by atoms with E-state index in [9.17, 15) is 9.59 Å². The molecule has 1 aliphatic heterocycles. The second-order valence-electron chi connectivity index (χ2n) is 6.90. The van der Waals surface area contributed by atoms with E-state index in [2.05, 4.69) is 28.5 Å². The van der Waals surface area contributed by atoms with Crippen LogP contribution in [0.1, 0.15) is 34.3 Å². The molecule has 3 rings (SSSR count). The minimum absolute atomic E-state index is 0.0144. The average molecular weight is 418 g/mol. The third-order valence-corrected chi connectivity index (χ3v) is 6.49. The van der Waals surface area contributed by atoms with Crippen LogP contribution in [-0.2, 0) is 11.3 Å². The molecule has 2 N–H and O–H groups in total. The maximum Gasteiger partial charge on any atom is 0.252 e. The van der Waals surface area contributed by atoms with Gasteiger partial charge in [0.15, 0.2) is 0 Å². The first-order chi connectivity index (χ1) is 13.6. The lowest BCUT2D eigenvalue weighted by molar-refractivity contribution is -0.116. The molecule has 0 bridgehead atoms. The van der Waals surface area contributed by atoms with Gasteiger partial charge in [0.05, 0.1) is 0 Å². The van der Waals surface area contributed by atoms with Crippen molar-refractivity contribution in [1.29, 1.82) is 0 Å². The number of thiophene rings is 1. The predicted molar refractivity (Wildman–Crippen MR) is 118 cm³/mol. The molecule has 5 nitrogen and oxygen atoms in total. The number of carbonyl (C=O) groups is 2. The maximum absolute atomic E-state index is 12.3. The maximum atomic E-state index is 12.3. The Balaban J connectivity index is 1.44. The number of hydrogen-bond donors (Lipinski definition) is 2. The van der Waals surface area contributed by atoms with Crippen LogP contribution in [0.15, 0.2) is 35.0 Å². The first kappa shape index (κ1) is 20.9. The van der Waals surface area contributed by atoms with E-state index in [1.165, 1.54) is 28.4 Å². The Kier molecular flexibility index (Phi) is 7.94. The molecule has 2 aromatic rings. The van der Waals surface area contributed by atoms with Crippen LogP contribution in [0, 0.1) is 6.92 Å². The standard InChI is InChI=1S/C21H27N3O2S2/c1-16-17(14-24-9-12-27-13-10-24)4-2-5-19(16)23-20(25)6-3-8-22-21(26)18-7-11-28-15-18/h2,4-5,7,11,15H,3,6,8-10,12-14H2,1H3,(H,22,26)(H,23,25). The Labute approximate surface area is 174 Å². The van der Waals surface area contributed by atoms with Crippen LogP contribution in [0.25, 0.3) is 0 Å². The van der Waals surface area contributed by atoms with Gasteiger partial charge >= 0.3 is 0 Å². The van der Waals surface area contributed by atoms with Gasteiger partial charge in [-0.1, -0.05) is 12.1 Å². The Morgan fingerprint density at radius 1 is 1.18 bits per heavy atom. The van der Waals surface area contributed by atoms with Crippen LogP contribution in [0.5, 0.6) is 0 Å². The molecule has 0 saturated carbocycles. The van der Waals surface area contributed by atoms with Gasteiger partial charge in [-0.2, -0.15) is 23.1 Å². The topological polar surface area (TPSA) is 61.4 Å². The fourth-order valence-corrected chi connectivity index (χ4v) is 4.76. The first-order valence-corrected chi connectivity index (χ1v) is 11.7. The van der Waals surface area contributed by atoms with Crippen molar-refractivity contribution < 1.29 is 9.59 Å². The van der Waals surface area contributed by atoms with Gasteiger partial charge in [-0.3, -0.25) is 14.5 Å². The van der Waals surface area contributed by atoms with E-state index in [-0.39, 0.29) is 11.8 Å². The number of anilines is 1.